The fourth-order valence-electron chi connectivity index (χ4n) is 9.58. The predicted octanol–water partition coefficient (Wildman–Crippen LogP) is 4.44. The van der Waals surface area contributed by atoms with E-state index >= 15 is 0 Å². The van der Waals surface area contributed by atoms with Crippen molar-refractivity contribution in [3.8, 4) is 0 Å². The first-order chi connectivity index (χ1) is 28.6. The molecule has 2 atom stereocenters. The average Bonchev–Trinajstić information content (AvgIpc) is 3.88. The Morgan fingerprint density at radius 1 is 0.847 bits per heavy atom. The summed E-state index contributed by atoms with van der Waals surface area (Å²) >= 11 is 0. The molecule has 15 nitrogen and oxygen atoms in total. The molecular weight excluding hydrogens is 747 g/mol. The van der Waals surface area contributed by atoms with Crippen LogP contribution in [0.2, 0.25) is 0 Å². The summed E-state index contributed by atoms with van der Waals surface area (Å²) in [4.78, 5) is 68.7. The van der Waals surface area contributed by atoms with Crippen molar-refractivity contribution in [2.45, 2.75) is 58.2 Å². The normalized spacial score (nSPS) is 21.2. The van der Waals surface area contributed by atoms with Crippen LogP contribution in [0.15, 0.2) is 60.8 Å². The van der Waals surface area contributed by atoms with E-state index in [0.717, 1.165) is 109 Å². The Kier molecular flexibility index (Phi) is 9.16. The number of carbonyl (C=O) groups excluding carboxylic acids is 4. The number of nitrogens with one attached hydrogen (secondary N) is 3. The minimum atomic E-state index is -0.962. The lowest BCUT2D eigenvalue weighted by molar-refractivity contribution is -0.136. The maximum atomic E-state index is 13.4. The first-order valence-corrected chi connectivity index (χ1v) is 20.5. The van der Waals surface area contributed by atoms with E-state index in [4.69, 9.17) is 10.1 Å². The number of hydrogen-bond acceptors (Lipinski definition) is 12. The number of likely N-dealkylation sites (tertiary alicyclic amines) is 1. The van der Waals surface area contributed by atoms with Crippen LogP contribution in [0.5, 0.6) is 0 Å². The van der Waals surface area contributed by atoms with E-state index in [-0.39, 0.29) is 18.7 Å². The predicted molar refractivity (Wildman–Crippen MR) is 223 cm³/mol. The van der Waals surface area contributed by atoms with Crippen LogP contribution in [0.4, 0.5) is 28.8 Å². The van der Waals surface area contributed by atoms with Gasteiger partial charge in [0.05, 0.1) is 16.5 Å². The van der Waals surface area contributed by atoms with Crippen molar-refractivity contribution in [3.63, 3.8) is 0 Å². The van der Waals surface area contributed by atoms with Gasteiger partial charge in [-0.25, -0.2) is 9.67 Å². The van der Waals surface area contributed by atoms with Gasteiger partial charge in [-0.2, -0.15) is 10.1 Å². The summed E-state index contributed by atoms with van der Waals surface area (Å²) in [5.74, 6) is -0.153. The summed E-state index contributed by atoms with van der Waals surface area (Å²) in [6.45, 7) is 11.0. The molecule has 5 aliphatic rings. The Hall–Kier alpha value is -6.19. The Balaban J connectivity index is 0.729. The third kappa shape index (κ3) is 6.77. The maximum Gasteiger partial charge on any atom is 0.262 e. The fraction of sp³-hybridized carbons (Fsp3) is 0.386. The molecule has 0 aliphatic carbocycles. The van der Waals surface area contributed by atoms with E-state index in [9.17, 15) is 19.2 Å². The number of hydrogen-bond donors (Lipinski definition) is 3. The number of benzene rings is 3. The van der Waals surface area contributed by atoms with Crippen LogP contribution in [0.1, 0.15) is 62.2 Å². The Labute approximate surface area is 341 Å². The fourth-order valence-corrected chi connectivity index (χ4v) is 9.58. The molecule has 5 aliphatic heterocycles. The van der Waals surface area contributed by atoms with Crippen LogP contribution in [0.25, 0.3) is 11.0 Å². The van der Waals surface area contributed by atoms with Crippen LogP contribution >= 0.6 is 0 Å². The maximum absolute atomic E-state index is 13.4. The summed E-state index contributed by atoms with van der Waals surface area (Å²) < 4.78 is 1.79. The second-order valence-corrected chi connectivity index (χ2v) is 16.8. The van der Waals surface area contributed by atoms with E-state index in [0.29, 0.717) is 29.0 Å². The number of piperidine rings is 1. The molecule has 10 rings (SSSR count). The van der Waals surface area contributed by atoms with Crippen molar-refractivity contribution in [2.24, 2.45) is 13.0 Å². The molecule has 0 saturated carbocycles. The number of fused-ring (bicyclic) bond motifs is 3. The number of rotatable bonds is 9. The lowest BCUT2D eigenvalue weighted by Gasteiger charge is -2.47. The van der Waals surface area contributed by atoms with Crippen molar-refractivity contribution in [2.75, 3.05) is 54.8 Å². The van der Waals surface area contributed by atoms with Gasteiger partial charge in [0.1, 0.15) is 6.04 Å². The summed E-state index contributed by atoms with van der Waals surface area (Å²) in [7, 11) is 1.90. The summed E-state index contributed by atoms with van der Waals surface area (Å²) in [5, 5.41) is 14.8. The molecule has 1 unspecified atom stereocenters. The lowest BCUT2D eigenvalue weighted by Crippen LogP contribution is -2.60. The molecule has 3 N–H and O–H groups in total. The molecule has 3 fully saturated rings. The minimum Gasteiger partial charge on any atom is -0.371 e. The topological polar surface area (TPSA) is 161 Å². The van der Waals surface area contributed by atoms with E-state index in [1.54, 1.807) is 16.8 Å². The van der Waals surface area contributed by atoms with E-state index in [2.05, 4.69) is 85.9 Å². The van der Waals surface area contributed by atoms with Gasteiger partial charge in [0.15, 0.2) is 11.5 Å². The highest BCUT2D eigenvalue weighted by atomic mass is 16.2. The third-order valence-corrected chi connectivity index (χ3v) is 12.9. The van der Waals surface area contributed by atoms with Gasteiger partial charge in [-0.05, 0) is 91.6 Å². The molecule has 59 heavy (non-hydrogen) atoms. The van der Waals surface area contributed by atoms with Crippen LogP contribution < -0.4 is 20.9 Å². The molecule has 2 aromatic heterocycles. The second-order valence-electron chi connectivity index (χ2n) is 16.8. The van der Waals surface area contributed by atoms with E-state index < -0.39 is 23.8 Å². The number of imide groups is 2. The zero-order valence-electron chi connectivity index (χ0n) is 33.5. The highest BCUT2D eigenvalue weighted by Crippen LogP contribution is 2.35. The van der Waals surface area contributed by atoms with Crippen molar-refractivity contribution in [1.82, 2.24) is 39.8 Å². The third-order valence-electron chi connectivity index (χ3n) is 12.9. The smallest absolute Gasteiger partial charge is 0.262 e. The highest BCUT2D eigenvalue weighted by molar-refractivity contribution is 6.23. The molecular formula is C44H47N11O4. The standard InChI is InChI=1S/C44H47N11O4/c1-25-5-4-6-26(2)38(25)48-39-35-19-45-44(49-40(35)51(3)50-39)46-30-8-7-28-14-16-54(22-29(28)17-30)32-23-52(24-32)20-27-13-15-53(21-27)31-9-10-33-34(18-31)43(59)55(42(33)58)36-11-12-37(56)47-41(36)57/h4-10,17-19,27,32,36H,11-16,20-24H2,1-3H3,(H,48,50)(H,45,46,49)(H,47,56,57)/t27-,36?/m1/s1. The Bertz CT molecular complexity index is 2540. The van der Waals surface area contributed by atoms with Gasteiger partial charge in [0.2, 0.25) is 17.8 Å². The quantitative estimate of drug-likeness (QED) is 0.181. The van der Waals surface area contributed by atoms with Crippen LogP contribution in [-0.4, -0.2) is 109 Å². The molecule has 7 heterocycles. The number of anilines is 5. The summed E-state index contributed by atoms with van der Waals surface area (Å²) in [5.41, 5.74) is 9.34. The summed E-state index contributed by atoms with van der Waals surface area (Å²) in [6, 6.07) is 17.8. The van der Waals surface area contributed by atoms with Gasteiger partial charge in [0, 0.05) is 88.6 Å². The monoisotopic (exact) mass is 793 g/mol. The van der Waals surface area contributed by atoms with Crippen LogP contribution in [0, 0.1) is 19.8 Å². The van der Waals surface area contributed by atoms with Gasteiger partial charge in [-0.15, -0.1) is 0 Å². The first-order valence-electron chi connectivity index (χ1n) is 20.5. The molecule has 3 aromatic carbocycles. The lowest BCUT2D eigenvalue weighted by atomic mass is 9.95. The number of carbonyl (C=O) groups is 4. The molecule has 0 bridgehead atoms. The SMILES string of the molecule is Cc1cccc(C)c1Nc1nn(C)c2nc(Nc3ccc4c(c3)CN(C3CN(C[C@H]5CCN(c6ccc7c(c6)C(=O)N(C6CCC(=O)NC6=O)C7=O)C5)C3)CC4)ncc12. The van der Waals surface area contributed by atoms with Gasteiger partial charge in [-0.1, -0.05) is 24.3 Å². The molecule has 5 aromatic rings. The minimum absolute atomic E-state index is 0.101. The van der Waals surface area contributed by atoms with Gasteiger partial charge >= 0.3 is 0 Å². The largest absolute Gasteiger partial charge is 0.371 e. The molecule has 15 heteroatoms. The highest BCUT2D eigenvalue weighted by Gasteiger charge is 2.45. The molecule has 0 radical (unpaired) electrons. The number of nitrogens with zero attached hydrogens (tertiary/aromatic N) is 8. The summed E-state index contributed by atoms with van der Waals surface area (Å²) in [6.07, 6.45) is 4.16. The van der Waals surface area contributed by atoms with Crippen LogP contribution in [-0.2, 0) is 29.6 Å². The van der Waals surface area contributed by atoms with E-state index in [1.807, 2.05) is 19.3 Å². The second kappa shape index (κ2) is 14.6. The van der Waals surface area contributed by atoms with Gasteiger partial charge in [0.25, 0.3) is 11.8 Å². The Morgan fingerprint density at radius 3 is 2.47 bits per heavy atom. The molecule has 3 saturated heterocycles. The van der Waals surface area contributed by atoms with Crippen molar-refractivity contribution < 1.29 is 19.2 Å². The zero-order chi connectivity index (χ0) is 40.5. The van der Waals surface area contributed by atoms with E-state index in [1.165, 1.54) is 11.1 Å². The van der Waals surface area contributed by atoms with Gasteiger partial charge in [-0.3, -0.25) is 39.2 Å². The average molecular weight is 794 g/mol. The van der Waals surface area contributed by atoms with Crippen molar-refractivity contribution >= 4 is 63.5 Å². The van der Waals surface area contributed by atoms with Crippen LogP contribution in [0.3, 0.4) is 0 Å². The van der Waals surface area contributed by atoms with Crippen molar-refractivity contribution in [1.29, 1.82) is 0 Å². The zero-order valence-corrected chi connectivity index (χ0v) is 33.5. The number of aromatic nitrogens is 4. The first kappa shape index (κ1) is 37.1. The van der Waals surface area contributed by atoms with Gasteiger partial charge < -0.3 is 15.5 Å². The number of aryl methyl sites for hydroxylation is 3. The number of para-hydroxylation sites is 1. The molecule has 302 valence electrons. The number of amides is 4. The van der Waals surface area contributed by atoms with Crippen molar-refractivity contribution in [3.05, 3.63) is 94.2 Å². The molecule has 4 amide bonds. The molecule has 0 spiro atoms. The Morgan fingerprint density at radius 2 is 1.66 bits per heavy atom.